The lowest BCUT2D eigenvalue weighted by Gasteiger charge is -2.15. The molecular weight excluding hydrogens is 572 g/mol. The van der Waals surface area contributed by atoms with E-state index in [1.165, 1.54) is 51.4 Å². The lowest BCUT2D eigenvalue weighted by atomic mass is 10.1. The van der Waals surface area contributed by atoms with E-state index in [-0.39, 0.29) is 30.9 Å². The van der Waals surface area contributed by atoms with E-state index in [0.29, 0.717) is 12.8 Å². The fourth-order valence-corrected chi connectivity index (χ4v) is 4.84. The van der Waals surface area contributed by atoms with Crippen molar-refractivity contribution in [3.05, 3.63) is 24.3 Å². The molecule has 0 saturated carbocycles. The maximum Gasteiger partial charge on any atom is 0.328 e. The van der Waals surface area contributed by atoms with E-state index in [9.17, 15) is 19.2 Å². The van der Waals surface area contributed by atoms with Crippen LogP contribution in [0.4, 0.5) is 0 Å². The van der Waals surface area contributed by atoms with Crippen molar-refractivity contribution in [1.29, 1.82) is 0 Å². The molecule has 0 aliphatic carbocycles. The number of unbranched alkanes of at least 4 members (excludes halogenated alkanes) is 15. The summed E-state index contributed by atoms with van der Waals surface area (Å²) in [7, 11) is 0. The normalized spacial score (nSPS) is 12.8. The van der Waals surface area contributed by atoms with E-state index < -0.39 is 24.5 Å². The van der Waals surface area contributed by atoms with Gasteiger partial charge in [-0.1, -0.05) is 103 Å². The molecule has 2 amide bonds. The van der Waals surface area contributed by atoms with Crippen molar-refractivity contribution in [2.45, 2.75) is 167 Å². The summed E-state index contributed by atoms with van der Waals surface area (Å²) in [6.07, 6.45) is 31.0. The topological polar surface area (TPSA) is 142 Å². The van der Waals surface area contributed by atoms with Gasteiger partial charge in [-0.3, -0.25) is 14.4 Å². The SMILES string of the molecule is CCCC/C=C\C(CCCCCCC(=O)NCC(=O)NC(CO)C(=O)O)OC(=O)CCCCCCC/C=C\CCCCCCC. The zero-order valence-corrected chi connectivity index (χ0v) is 28.4. The Morgan fingerprint density at radius 2 is 1.22 bits per heavy atom. The van der Waals surface area contributed by atoms with Crippen LogP contribution in [0.15, 0.2) is 24.3 Å². The highest BCUT2D eigenvalue weighted by Crippen LogP contribution is 2.14. The van der Waals surface area contributed by atoms with Gasteiger partial charge >= 0.3 is 11.9 Å². The Bertz CT molecular complexity index is 828. The van der Waals surface area contributed by atoms with Gasteiger partial charge in [-0.05, 0) is 63.9 Å². The van der Waals surface area contributed by atoms with Crippen molar-refractivity contribution in [2.24, 2.45) is 0 Å². The average Bonchev–Trinajstić information content (AvgIpc) is 3.02. The Hall–Kier alpha value is -2.68. The number of ether oxygens (including phenoxy) is 1. The summed E-state index contributed by atoms with van der Waals surface area (Å²) >= 11 is 0. The van der Waals surface area contributed by atoms with Gasteiger partial charge in [-0.15, -0.1) is 0 Å². The van der Waals surface area contributed by atoms with Crippen molar-refractivity contribution in [3.8, 4) is 0 Å². The number of amides is 2. The number of esters is 1. The number of carboxylic acid groups (broad SMARTS) is 1. The van der Waals surface area contributed by atoms with Crippen LogP contribution in [0.1, 0.15) is 155 Å². The van der Waals surface area contributed by atoms with Crippen LogP contribution in [-0.4, -0.2) is 59.3 Å². The minimum Gasteiger partial charge on any atom is -0.480 e. The maximum atomic E-state index is 12.5. The second-order valence-corrected chi connectivity index (χ2v) is 11.9. The molecule has 0 heterocycles. The Balaban J connectivity index is 4.10. The van der Waals surface area contributed by atoms with Gasteiger partial charge in [0.2, 0.25) is 11.8 Å². The molecule has 0 aromatic heterocycles. The van der Waals surface area contributed by atoms with Gasteiger partial charge in [0.25, 0.3) is 0 Å². The smallest absolute Gasteiger partial charge is 0.328 e. The number of nitrogens with one attached hydrogen (secondary N) is 2. The van der Waals surface area contributed by atoms with Gasteiger partial charge < -0.3 is 25.6 Å². The summed E-state index contributed by atoms with van der Waals surface area (Å²) in [5.74, 6) is -2.42. The molecule has 0 bridgehead atoms. The first-order valence-corrected chi connectivity index (χ1v) is 17.7. The molecule has 0 aromatic carbocycles. The highest BCUT2D eigenvalue weighted by Gasteiger charge is 2.18. The zero-order valence-electron chi connectivity index (χ0n) is 28.4. The summed E-state index contributed by atoms with van der Waals surface area (Å²) in [5.41, 5.74) is 0. The summed E-state index contributed by atoms with van der Waals surface area (Å²) in [6, 6.07) is -1.39. The first-order valence-electron chi connectivity index (χ1n) is 17.7. The predicted octanol–water partition coefficient (Wildman–Crippen LogP) is 7.31. The number of hydrogen-bond acceptors (Lipinski definition) is 6. The van der Waals surface area contributed by atoms with Gasteiger partial charge in [0, 0.05) is 12.8 Å². The second-order valence-electron chi connectivity index (χ2n) is 11.9. The molecule has 0 saturated heterocycles. The molecule has 4 N–H and O–H groups in total. The summed E-state index contributed by atoms with van der Waals surface area (Å²) < 4.78 is 5.80. The highest BCUT2D eigenvalue weighted by molar-refractivity contribution is 5.87. The Kier molecular flexibility index (Phi) is 29.4. The van der Waals surface area contributed by atoms with Crippen LogP contribution in [0, 0.1) is 0 Å². The molecule has 0 aliphatic heterocycles. The zero-order chi connectivity index (χ0) is 33.4. The average molecular weight is 637 g/mol. The van der Waals surface area contributed by atoms with E-state index in [2.05, 4.69) is 42.7 Å². The number of rotatable bonds is 31. The number of hydrogen-bond donors (Lipinski definition) is 4. The molecule has 9 nitrogen and oxygen atoms in total. The minimum absolute atomic E-state index is 0.128. The van der Waals surface area contributed by atoms with E-state index >= 15 is 0 Å². The van der Waals surface area contributed by atoms with Gasteiger partial charge in [0.15, 0.2) is 0 Å². The lowest BCUT2D eigenvalue weighted by Crippen LogP contribution is -2.47. The molecule has 260 valence electrons. The molecule has 0 aromatic rings. The molecule has 0 fully saturated rings. The van der Waals surface area contributed by atoms with Crippen molar-refractivity contribution in [2.75, 3.05) is 13.2 Å². The predicted molar refractivity (Wildman–Crippen MR) is 181 cm³/mol. The van der Waals surface area contributed by atoms with Gasteiger partial charge in [0.05, 0.1) is 13.2 Å². The second kappa shape index (κ2) is 31.3. The van der Waals surface area contributed by atoms with Crippen molar-refractivity contribution in [3.63, 3.8) is 0 Å². The quantitative estimate of drug-likeness (QED) is 0.0355. The number of carbonyl (C=O) groups excluding carboxylic acids is 3. The third-order valence-corrected chi connectivity index (χ3v) is 7.66. The number of aliphatic hydroxyl groups is 1. The van der Waals surface area contributed by atoms with Crippen molar-refractivity contribution < 1.29 is 34.1 Å². The van der Waals surface area contributed by atoms with Gasteiger partial charge in [0.1, 0.15) is 12.1 Å². The molecule has 0 rings (SSSR count). The van der Waals surface area contributed by atoms with E-state index in [1.807, 2.05) is 6.08 Å². The van der Waals surface area contributed by atoms with Crippen LogP contribution in [0.3, 0.4) is 0 Å². The lowest BCUT2D eigenvalue weighted by molar-refractivity contribution is -0.147. The van der Waals surface area contributed by atoms with Crippen LogP contribution in [0.2, 0.25) is 0 Å². The first-order chi connectivity index (χ1) is 21.8. The van der Waals surface area contributed by atoms with E-state index in [4.69, 9.17) is 14.9 Å². The third-order valence-electron chi connectivity index (χ3n) is 7.66. The highest BCUT2D eigenvalue weighted by atomic mass is 16.5. The summed E-state index contributed by atoms with van der Waals surface area (Å²) in [4.78, 5) is 47.1. The van der Waals surface area contributed by atoms with E-state index in [0.717, 1.165) is 70.6 Å². The third kappa shape index (κ3) is 28.5. The van der Waals surface area contributed by atoms with Gasteiger partial charge in [-0.2, -0.15) is 0 Å². The molecule has 2 atom stereocenters. The molecule has 45 heavy (non-hydrogen) atoms. The largest absolute Gasteiger partial charge is 0.480 e. The fraction of sp³-hybridized carbons (Fsp3) is 0.778. The van der Waals surface area contributed by atoms with Crippen molar-refractivity contribution in [1.82, 2.24) is 10.6 Å². The van der Waals surface area contributed by atoms with Crippen LogP contribution in [0.25, 0.3) is 0 Å². The first kappa shape index (κ1) is 42.3. The maximum absolute atomic E-state index is 12.5. The molecule has 0 spiro atoms. The summed E-state index contributed by atoms with van der Waals surface area (Å²) in [5, 5.41) is 22.4. The number of aliphatic hydroxyl groups excluding tert-OH is 1. The molecule has 2 unspecified atom stereocenters. The standard InChI is InChI=1S/C36H64N2O7/c1-3-5-7-9-10-11-12-13-14-15-16-17-18-24-28-35(42)45-31(25-21-8-6-4-2)26-22-19-20-23-27-33(40)37-29-34(41)38-32(30-39)36(43)44/h12-13,21,25,31-32,39H,3-11,14-20,22-24,26-30H2,1-2H3,(H,37,40)(H,38,41)(H,43,44)/b13-12-,25-21-. The van der Waals surface area contributed by atoms with Crippen LogP contribution < -0.4 is 10.6 Å². The van der Waals surface area contributed by atoms with Crippen LogP contribution in [-0.2, 0) is 23.9 Å². The Morgan fingerprint density at radius 3 is 1.84 bits per heavy atom. The van der Waals surface area contributed by atoms with Crippen LogP contribution in [0.5, 0.6) is 0 Å². The van der Waals surface area contributed by atoms with Crippen LogP contribution >= 0.6 is 0 Å². The van der Waals surface area contributed by atoms with Crippen molar-refractivity contribution >= 4 is 23.8 Å². The number of carbonyl (C=O) groups is 4. The molecule has 0 radical (unpaired) electrons. The summed E-state index contributed by atoms with van der Waals surface area (Å²) in [6.45, 7) is 3.34. The number of aliphatic carboxylic acids is 1. The molecule has 9 heteroatoms. The number of allylic oxidation sites excluding steroid dienone is 3. The fourth-order valence-electron chi connectivity index (χ4n) is 4.84. The monoisotopic (exact) mass is 636 g/mol. The molecule has 0 aliphatic rings. The van der Waals surface area contributed by atoms with E-state index in [1.54, 1.807) is 0 Å². The Morgan fingerprint density at radius 1 is 0.667 bits per heavy atom. The Labute approximate surface area is 273 Å². The molecular formula is C36H64N2O7. The number of carboxylic acids is 1. The minimum atomic E-state index is -1.39. The van der Waals surface area contributed by atoms with Gasteiger partial charge in [-0.25, -0.2) is 4.79 Å².